The van der Waals surface area contributed by atoms with Crippen molar-refractivity contribution in [3.05, 3.63) is 0 Å². The van der Waals surface area contributed by atoms with E-state index >= 15 is 0 Å². The Labute approximate surface area is 62.0 Å². The molecule has 0 fully saturated rings. The number of carbonyl (C=O) groups excluding carboxylic acids is 1. The van der Waals surface area contributed by atoms with Gasteiger partial charge in [0.25, 0.3) is 0 Å². The van der Waals surface area contributed by atoms with E-state index in [0.29, 0.717) is 6.61 Å². The number of hydrogen-bond donors (Lipinski definition) is 0. The van der Waals surface area contributed by atoms with Crippen LogP contribution in [0.2, 0.25) is 0 Å². The summed E-state index contributed by atoms with van der Waals surface area (Å²) in [7, 11) is 1.72. The highest BCUT2D eigenvalue weighted by atomic mass is 16.5. The average Bonchev–Trinajstić information content (AvgIpc) is 1.99. The molecule has 10 heavy (non-hydrogen) atoms. The summed E-state index contributed by atoms with van der Waals surface area (Å²) in [6, 6.07) is 0. The van der Waals surface area contributed by atoms with E-state index in [0.717, 1.165) is 12.8 Å². The van der Waals surface area contributed by atoms with Gasteiger partial charge in [0.1, 0.15) is 6.23 Å². The van der Waals surface area contributed by atoms with Gasteiger partial charge in [-0.3, -0.25) is 4.79 Å². The Bertz CT molecular complexity index is 95.6. The van der Waals surface area contributed by atoms with E-state index in [9.17, 15) is 4.79 Å². The lowest BCUT2D eigenvalue weighted by Crippen LogP contribution is -2.32. The Balaban J connectivity index is 3.67. The Kier molecular flexibility index (Phi) is 4.94. The van der Waals surface area contributed by atoms with Gasteiger partial charge in [-0.1, -0.05) is 6.92 Å². The fourth-order valence-corrected chi connectivity index (χ4v) is 0.784. The molecule has 0 aromatic heterocycles. The van der Waals surface area contributed by atoms with Gasteiger partial charge in [-0.2, -0.15) is 0 Å². The second-order valence-electron chi connectivity index (χ2n) is 2.09. The maximum absolute atomic E-state index is 10.2. The normalized spacial score (nSPS) is 12.7. The number of ether oxygens (including phenoxy) is 1. The maximum atomic E-state index is 10.2. The van der Waals surface area contributed by atoms with Gasteiger partial charge in [-0.25, -0.2) is 0 Å². The topological polar surface area (TPSA) is 29.5 Å². The summed E-state index contributed by atoms with van der Waals surface area (Å²) in [6.45, 7) is 4.55. The fourth-order valence-electron chi connectivity index (χ4n) is 0.784. The van der Waals surface area contributed by atoms with Crippen LogP contribution in [0.15, 0.2) is 0 Å². The second kappa shape index (κ2) is 5.23. The van der Waals surface area contributed by atoms with Gasteiger partial charge >= 0.3 is 0 Å². The van der Waals surface area contributed by atoms with Crippen LogP contribution in [0.3, 0.4) is 0 Å². The van der Waals surface area contributed by atoms with Crippen molar-refractivity contribution in [3.8, 4) is 0 Å². The fraction of sp³-hybridized carbons (Fsp3) is 0.857. The van der Waals surface area contributed by atoms with Crippen LogP contribution < -0.4 is 0 Å². The number of nitrogens with zero attached hydrogens (tertiary/aromatic N) is 1. The van der Waals surface area contributed by atoms with Crippen LogP contribution in [-0.4, -0.2) is 31.2 Å². The highest BCUT2D eigenvalue weighted by Crippen LogP contribution is 1.99. The van der Waals surface area contributed by atoms with Crippen molar-refractivity contribution in [1.82, 2.24) is 4.90 Å². The molecule has 1 atom stereocenters. The molecule has 0 aromatic carbocycles. The first-order chi connectivity index (χ1) is 4.76. The molecule has 1 unspecified atom stereocenters. The largest absolute Gasteiger partial charge is 0.359 e. The molecule has 3 heteroatoms. The maximum Gasteiger partial charge on any atom is 0.211 e. The summed E-state index contributed by atoms with van der Waals surface area (Å²) in [6.07, 6.45) is 1.56. The first kappa shape index (κ1) is 9.43. The van der Waals surface area contributed by atoms with Crippen molar-refractivity contribution in [2.45, 2.75) is 26.5 Å². The molecule has 0 bridgehead atoms. The summed E-state index contributed by atoms with van der Waals surface area (Å²) in [4.78, 5) is 11.8. The SMILES string of the molecule is CCOC(CC)N(C)C=O. The number of carbonyl (C=O) groups is 1. The van der Waals surface area contributed by atoms with Gasteiger partial charge < -0.3 is 9.64 Å². The summed E-state index contributed by atoms with van der Waals surface area (Å²) < 4.78 is 5.24. The predicted octanol–water partition coefficient (Wildman–Crippen LogP) is 0.847. The van der Waals surface area contributed by atoms with E-state index < -0.39 is 0 Å². The van der Waals surface area contributed by atoms with Crippen molar-refractivity contribution in [2.75, 3.05) is 13.7 Å². The number of rotatable bonds is 5. The van der Waals surface area contributed by atoms with Crippen LogP contribution in [0.25, 0.3) is 0 Å². The molecule has 0 heterocycles. The van der Waals surface area contributed by atoms with Crippen LogP contribution in [0.4, 0.5) is 0 Å². The summed E-state index contributed by atoms with van der Waals surface area (Å²) in [5, 5.41) is 0. The Morgan fingerprint density at radius 2 is 2.20 bits per heavy atom. The lowest BCUT2D eigenvalue weighted by atomic mass is 10.4. The Morgan fingerprint density at radius 3 is 2.50 bits per heavy atom. The smallest absolute Gasteiger partial charge is 0.211 e. The molecule has 0 spiro atoms. The number of hydrogen-bond acceptors (Lipinski definition) is 2. The van der Waals surface area contributed by atoms with Gasteiger partial charge in [0.15, 0.2) is 0 Å². The molecule has 0 radical (unpaired) electrons. The first-order valence-corrected chi connectivity index (χ1v) is 3.55. The van der Waals surface area contributed by atoms with E-state index in [1.54, 1.807) is 7.05 Å². The highest BCUT2D eigenvalue weighted by molar-refractivity contribution is 5.46. The zero-order chi connectivity index (χ0) is 7.98. The third-order valence-corrected chi connectivity index (χ3v) is 1.33. The van der Waals surface area contributed by atoms with E-state index in [1.165, 1.54) is 4.90 Å². The highest BCUT2D eigenvalue weighted by Gasteiger charge is 2.08. The first-order valence-electron chi connectivity index (χ1n) is 3.55. The third kappa shape index (κ3) is 2.82. The summed E-state index contributed by atoms with van der Waals surface area (Å²) >= 11 is 0. The minimum atomic E-state index is -0.0532. The molecule has 0 rings (SSSR count). The molecule has 3 nitrogen and oxygen atoms in total. The van der Waals surface area contributed by atoms with Crippen LogP contribution in [0.1, 0.15) is 20.3 Å². The monoisotopic (exact) mass is 145 g/mol. The van der Waals surface area contributed by atoms with Crippen molar-refractivity contribution in [3.63, 3.8) is 0 Å². The number of amides is 1. The lowest BCUT2D eigenvalue weighted by molar-refractivity contribution is -0.129. The van der Waals surface area contributed by atoms with Gasteiger partial charge in [0, 0.05) is 13.7 Å². The van der Waals surface area contributed by atoms with Crippen LogP contribution in [0, 0.1) is 0 Å². The van der Waals surface area contributed by atoms with Gasteiger partial charge in [-0.15, -0.1) is 0 Å². The molecule has 0 saturated carbocycles. The van der Waals surface area contributed by atoms with E-state index in [-0.39, 0.29) is 6.23 Å². The van der Waals surface area contributed by atoms with Gasteiger partial charge in [0.05, 0.1) is 0 Å². The molecule has 0 aliphatic heterocycles. The van der Waals surface area contributed by atoms with Crippen LogP contribution in [-0.2, 0) is 9.53 Å². The third-order valence-electron chi connectivity index (χ3n) is 1.33. The molecule has 60 valence electrons. The van der Waals surface area contributed by atoms with E-state index in [2.05, 4.69) is 0 Å². The Hall–Kier alpha value is -0.570. The van der Waals surface area contributed by atoms with Crippen molar-refractivity contribution >= 4 is 6.41 Å². The average molecular weight is 145 g/mol. The lowest BCUT2D eigenvalue weighted by Gasteiger charge is -2.22. The zero-order valence-electron chi connectivity index (χ0n) is 6.83. The molecule has 0 saturated heterocycles. The molecular weight excluding hydrogens is 130 g/mol. The summed E-state index contributed by atoms with van der Waals surface area (Å²) in [5.74, 6) is 0. The predicted molar refractivity (Wildman–Crippen MR) is 39.5 cm³/mol. The molecule has 1 amide bonds. The van der Waals surface area contributed by atoms with E-state index in [1.807, 2.05) is 13.8 Å². The molecule has 0 aliphatic carbocycles. The van der Waals surface area contributed by atoms with Gasteiger partial charge in [-0.05, 0) is 13.3 Å². The summed E-state index contributed by atoms with van der Waals surface area (Å²) in [5.41, 5.74) is 0. The molecule has 0 aliphatic rings. The quantitative estimate of drug-likeness (QED) is 0.424. The minimum absolute atomic E-state index is 0.0532. The van der Waals surface area contributed by atoms with Crippen molar-refractivity contribution in [1.29, 1.82) is 0 Å². The Morgan fingerprint density at radius 1 is 1.60 bits per heavy atom. The van der Waals surface area contributed by atoms with E-state index in [4.69, 9.17) is 4.74 Å². The molecular formula is C7H15NO2. The van der Waals surface area contributed by atoms with Crippen LogP contribution >= 0.6 is 0 Å². The molecule has 0 aromatic rings. The van der Waals surface area contributed by atoms with Gasteiger partial charge in [0.2, 0.25) is 6.41 Å². The van der Waals surface area contributed by atoms with Crippen LogP contribution in [0.5, 0.6) is 0 Å². The minimum Gasteiger partial charge on any atom is -0.359 e. The molecule has 0 N–H and O–H groups in total. The standard InChI is InChI=1S/C7H15NO2/c1-4-7(10-5-2)8(3)6-9/h6-7H,4-5H2,1-3H3. The zero-order valence-corrected chi connectivity index (χ0v) is 6.83. The van der Waals surface area contributed by atoms with Crippen molar-refractivity contribution < 1.29 is 9.53 Å². The van der Waals surface area contributed by atoms with Crippen molar-refractivity contribution in [2.24, 2.45) is 0 Å². The second-order valence-corrected chi connectivity index (χ2v) is 2.09.